The molecule has 1 fully saturated rings. The molecule has 0 spiro atoms. The fraction of sp³-hybridized carbons (Fsp3) is 0. The van der Waals surface area contributed by atoms with E-state index in [1.54, 1.807) is 10.6 Å². The summed E-state index contributed by atoms with van der Waals surface area (Å²) in [7, 11) is 0. The van der Waals surface area contributed by atoms with Gasteiger partial charge in [0.15, 0.2) is 0 Å². The first kappa shape index (κ1) is 13.2. The van der Waals surface area contributed by atoms with Gasteiger partial charge in [0, 0.05) is 59.1 Å². The zero-order chi connectivity index (χ0) is 6.15. The maximum atomic E-state index is 10.0. The van der Waals surface area contributed by atoms with E-state index in [0.29, 0.717) is 0 Å². The van der Waals surface area contributed by atoms with E-state index in [9.17, 15) is 14.4 Å². The van der Waals surface area contributed by atoms with Crippen molar-refractivity contribution in [2.24, 2.45) is 0 Å². The molecule has 1 aliphatic rings. The van der Waals surface area contributed by atoms with Crippen molar-refractivity contribution in [2.45, 2.75) is 0 Å². The number of hydrogen-bond donors (Lipinski definition) is 2. The fourth-order valence-electron chi connectivity index (χ4n) is 0.351. The summed E-state index contributed by atoms with van der Waals surface area (Å²) in [6, 6.07) is -0.750. The normalized spacial score (nSPS) is 14.6. The SMILES string of the molecule is O=C1NC(=O)C(=O)N1.[Na].[Na]. The minimum Gasteiger partial charge on any atom is -0.269 e. The van der Waals surface area contributed by atoms with Crippen molar-refractivity contribution in [3.63, 3.8) is 0 Å². The van der Waals surface area contributed by atoms with E-state index in [2.05, 4.69) is 0 Å². The number of hydrogen-bond acceptors (Lipinski definition) is 3. The summed E-state index contributed by atoms with van der Waals surface area (Å²) < 4.78 is 0. The van der Waals surface area contributed by atoms with Crippen LogP contribution >= 0.6 is 0 Å². The van der Waals surface area contributed by atoms with Crippen molar-refractivity contribution in [3.8, 4) is 0 Å². The Hall–Kier alpha value is 0.610. The van der Waals surface area contributed by atoms with E-state index < -0.39 is 17.8 Å². The molecule has 0 aromatic carbocycles. The summed E-state index contributed by atoms with van der Waals surface area (Å²) in [5.74, 6) is -1.79. The maximum Gasteiger partial charge on any atom is 0.328 e. The average Bonchev–Trinajstić information content (AvgIpc) is 1.85. The molecule has 2 radical (unpaired) electrons. The van der Waals surface area contributed by atoms with E-state index in [1.165, 1.54) is 0 Å². The zero-order valence-corrected chi connectivity index (χ0v) is 9.72. The van der Waals surface area contributed by atoms with Crippen LogP contribution in [0.4, 0.5) is 4.79 Å². The molecule has 5 nitrogen and oxygen atoms in total. The molecule has 0 aromatic rings. The third kappa shape index (κ3) is 3.14. The van der Waals surface area contributed by atoms with Crippen LogP contribution in [0.3, 0.4) is 0 Å². The molecule has 0 atom stereocenters. The van der Waals surface area contributed by atoms with Gasteiger partial charge in [-0.15, -0.1) is 0 Å². The van der Waals surface area contributed by atoms with Crippen LogP contribution in [0.5, 0.6) is 0 Å². The third-order valence-corrected chi connectivity index (χ3v) is 0.660. The predicted molar refractivity (Wildman–Crippen MR) is 33.2 cm³/mol. The summed E-state index contributed by atoms with van der Waals surface area (Å²) in [4.78, 5) is 30.1. The second-order valence-electron chi connectivity index (χ2n) is 1.24. The first-order chi connectivity index (χ1) is 3.70. The molecule has 44 valence electrons. The molecule has 0 saturated carbocycles. The number of urea groups is 1. The summed E-state index contributed by atoms with van der Waals surface area (Å²) in [5, 5.41) is 3.46. The minimum absolute atomic E-state index is 0. The van der Waals surface area contributed by atoms with Crippen LogP contribution in [0.15, 0.2) is 0 Å². The number of nitrogens with one attached hydrogen (secondary N) is 2. The third-order valence-electron chi connectivity index (χ3n) is 0.660. The Morgan fingerprint density at radius 1 is 0.800 bits per heavy atom. The van der Waals surface area contributed by atoms with Gasteiger partial charge in [0.1, 0.15) is 0 Å². The topological polar surface area (TPSA) is 75.3 Å². The van der Waals surface area contributed by atoms with Crippen molar-refractivity contribution in [3.05, 3.63) is 0 Å². The first-order valence-electron chi connectivity index (χ1n) is 1.86. The van der Waals surface area contributed by atoms with Crippen molar-refractivity contribution in [1.82, 2.24) is 10.6 Å². The fourth-order valence-corrected chi connectivity index (χ4v) is 0.351. The molecule has 0 aromatic heterocycles. The largest absolute Gasteiger partial charge is 0.328 e. The van der Waals surface area contributed by atoms with Crippen LogP contribution < -0.4 is 10.6 Å². The Balaban J connectivity index is 0. The molecule has 1 rings (SSSR count). The number of carbonyl (C=O) groups excluding carboxylic acids is 3. The molecule has 1 aliphatic heterocycles. The molecule has 7 heteroatoms. The van der Waals surface area contributed by atoms with Gasteiger partial charge in [-0.25, -0.2) is 4.79 Å². The van der Waals surface area contributed by atoms with Gasteiger partial charge < -0.3 is 0 Å². The van der Waals surface area contributed by atoms with Gasteiger partial charge in [-0.05, 0) is 0 Å². The van der Waals surface area contributed by atoms with Gasteiger partial charge in [0.25, 0.3) is 0 Å². The van der Waals surface area contributed by atoms with E-state index in [-0.39, 0.29) is 59.1 Å². The molecule has 0 unspecified atom stereocenters. The maximum absolute atomic E-state index is 10.0. The van der Waals surface area contributed by atoms with Crippen LogP contribution in [-0.2, 0) is 9.59 Å². The van der Waals surface area contributed by atoms with Crippen molar-refractivity contribution in [2.75, 3.05) is 0 Å². The molecule has 4 amide bonds. The molecule has 10 heavy (non-hydrogen) atoms. The molecular weight excluding hydrogens is 158 g/mol. The van der Waals surface area contributed by atoms with E-state index in [1.807, 2.05) is 0 Å². The van der Waals surface area contributed by atoms with Crippen molar-refractivity contribution >= 4 is 77.0 Å². The van der Waals surface area contributed by atoms with E-state index in [0.717, 1.165) is 0 Å². The molecule has 1 saturated heterocycles. The Kier molecular flexibility index (Phi) is 6.99. The minimum atomic E-state index is -0.894. The smallest absolute Gasteiger partial charge is 0.269 e. The van der Waals surface area contributed by atoms with Crippen LogP contribution in [0.25, 0.3) is 0 Å². The number of rotatable bonds is 0. The standard InChI is InChI=1S/C3H2N2O3.2Na/c6-1-2(7)5-3(8)4-1;;/h(H2,4,5,6,7,8);;. The van der Waals surface area contributed by atoms with Gasteiger partial charge >= 0.3 is 17.8 Å². The van der Waals surface area contributed by atoms with Crippen molar-refractivity contribution < 1.29 is 14.4 Å². The Labute approximate surface area is 101 Å². The van der Waals surface area contributed by atoms with Crippen LogP contribution in [0.1, 0.15) is 0 Å². The zero-order valence-electron chi connectivity index (χ0n) is 5.72. The monoisotopic (exact) mass is 160 g/mol. The Bertz CT molecular complexity index is 163. The molecule has 2 N–H and O–H groups in total. The predicted octanol–water partition coefficient (Wildman–Crippen LogP) is -2.41. The molecule has 0 aliphatic carbocycles. The Morgan fingerprint density at radius 2 is 1.10 bits per heavy atom. The van der Waals surface area contributed by atoms with Gasteiger partial charge in [0.2, 0.25) is 0 Å². The van der Waals surface area contributed by atoms with Crippen LogP contribution in [0.2, 0.25) is 0 Å². The number of imide groups is 2. The van der Waals surface area contributed by atoms with Gasteiger partial charge in [-0.1, -0.05) is 0 Å². The summed E-state index contributed by atoms with van der Waals surface area (Å²) in [6.07, 6.45) is 0. The second kappa shape index (κ2) is 5.29. The van der Waals surface area contributed by atoms with Crippen molar-refractivity contribution in [1.29, 1.82) is 0 Å². The second-order valence-corrected chi connectivity index (χ2v) is 1.24. The molecule has 0 bridgehead atoms. The van der Waals surface area contributed by atoms with Gasteiger partial charge in [-0.3, -0.25) is 20.2 Å². The summed E-state index contributed by atoms with van der Waals surface area (Å²) in [5.41, 5.74) is 0. The Morgan fingerprint density at radius 3 is 1.20 bits per heavy atom. The summed E-state index contributed by atoms with van der Waals surface area (Å²) in [6.45, 7) is 0. The number of amides is 4. The molecular formula is C3H2N2Na2O3. The van der Waals surface area contributed by atoms with Gasteiger partial charge in [0.05, 0.1) is 0 Å². The van der Waals surface area contributed by atoms with Gasteiger partial charge in [-0.2, -0.15) is 0 Å². The first-order valence-corrected chi connectivity index (χ1v) is 1.86. The quantitative estimate of drug-likeness (QED) is 0.235. The van der Waals surface area contributed by atoms with Crippen LogP contribution in [0, 0.1) is 0 Å². The van der Waals surface area contributed by atoms with Crippen LogP contribution in [-0.4, -0.2) is 77.0 Å². The summed E-state index contributed by atoms with van der Waals surface area (Å²) >= 11 is 0. The van der Waals surface area contributed by atoms with E-state index >= 15 is 0 Å². The molecule has 1 heterocycles. The van der Waals surface area contributed by atoms with E-state index in [4.69, 9.17) is 0 Å². The number of carbonyl (C=O) groups is 3. The average molecular weight is 160 g/mol.